The lowest BCUT2D eigenvalue weighted by molar-refractivity contribution is -0.146. The van der Waals surface area contributed by atoms with E-state index in [-0.39, 0.29) is 42.4 Å². The highest BCUT2D eigenvalue weighted by molar-refractivity contribution is 6.91. The van der Waals surface area contributed by atoms with Crippen LogP contribution in [0.5, 0.6) is 5.75 Å². The van der Waals surface area contributed by atoms with Crippen LogP contribution >= 0.6 is 0 Å². The number of nitrogens with one attached hydrogen (secondary N) is 2. The van der Waals surface area contributed by atoms with E-state index in [4.69, 9.17) is 9.47 Å². The summed E-state index contributed by atoms with van der Waals surface area (Å²) in [6, 6.07) is 32.1. The molecule has 0 saturated carbocycles. The molecule has 0 radical (unpaired) electrons. The lowest BCUT2D eigenvalue weighted by Crippen LogP contribution is -2.51. The van der Waals surface area contributed by atoms with Crippen molar-refractivity contribution >= 4 is 47.4 Å². The summed E-state index contributed by atoms with van der Waals surface area (Å²) in [7, 11) is -0.725. The van der Waals surface area contributed by atoms with Crippen LogP contribution in [0, 0.1) is 5.92 Å². The van der Waals surface area contributed by atoms with Crippen LogP contribution in [-0.4, -0.2) is 64.8 Å². The molecule has 56 heavy (non-hydrogen) atoms. The number of aryl methyl sites for hydroxylation is 1. The topological polar surface area (TPSA) is 135 Å². The Morgan fingerprint density at radius 2 is 1.80 bits per heavy atom. The first-order valence-electron chi connectivity index (χ1n) is 19.3. The summed E-state index contributed by atoms with van der Waals surface area (Å²) in [6.45, 7) is 7.83. The Labute approximate surface area is 327 Å². The van der Waals surface area contributed by atoms with Gasteiger partial charge in [-0.05, 0) is 59.5 Å². The lowest BCUT2D eigenvalue weighted by Gasteiger charge is -2.37. The summed E-state index contributed by atoms with van der Waals surface area (Å²) >= 11 is 0. The van der Waals surface area contributed by atoms with Gasteiger partial charge in [-0.15, -0.1) is 5.10 Å². The van der Waals surface area contributed by atoms with Gasteiger partial charge in [0.05, 0.1) is 45.6 Å². The molecule has 8 rings (SSSR count). The molecule has 12 heteroatoms. The van der Waals surface area contributed by atoms with Crippen molar-refractivity contribution in [1.29, 1.82) is 0 Å². The number of fused-ring (bicyclic) bond motifs is 3. The van der Waals surface area contributed by atoms with Gasteiger partial charge in [-0.2, -0.15) is 0 Å². The number of aromatic nitrogens is 4. The maximum absolute atomic E-state index is 15.3. The first kappa shape index (κ1) is 37.4. The van der Waals surface area contributed by atoms with Crippen LogP contribution in [0.2, 0.25) is 18.6 Å². The molecule has 0 unspecified atom stereocenters. The van der Waals surface area contributed by atoms with Crippen molar-refractivity contribution in [2.24, 2.45) is 5.92 Å². The molecule has 2 amide bonds. The predicted octanol–water partition coefficient (Wildman–Crippen LogP) is 6.34. The van der Waals surface area contributed by atoms with Crippen LogP contribution in [0.4, 0.5) is 11.4 Å². The normalized spacial score (nSPS) is 20.6. The number of hydrogen-bond acceptors (Lipinski definition) is 7. The smallest absolute Gasteiger partial charge is 0.264 e. The van der Waals surface area contributed by atoms with E-state index in [0.29, 0.717) is 31.6 Å². The quantitative estimate of drug-likeness (QED) is 0.117. The van der Waals surface area contributed by atoms with Gasteiger partial charge in [0.2, 0.25) is 5.91 Å². The molecule has 2 aliphatic heterocycles. The molecule has 2 aromatic heterocycles. The third kappa shape index (κ3) is 6.71. The van der Waals surface area contributed by atoms with Crippen LogP contribution in [0.15, 0.2) is 109 Å². The molecule has 0 bridgehead atoms. The van der Waals surface area contributed by atoms with Crippen molar-refractivity contribution in [3.05, 3.63) is 132 Å². The molecule has 0 aliphatic carbocycles. The molecular formula is C44H48N6O5Si. The lowest BCUT2D eigenvalue weighted by atomic mass is 9.82. The van der Waals surface area contributed by atoms with E-state index in [1.165, 1.54) is 5.19 Å². The summed E-state index contributed by atoms with van der Waals surface area (Å²) in [5.74, 6) is 0.333. The molecule has 1 fully saturated rings. The molecule has 3 N–H and O–H groups in total. The van der Waals surface area contributed by atoms with E-state index < -0.39 is 13.7 Å². The summed E-state index contributed by atoms with van der Waals surface area (Å²) in [4.78, 5) is 34.0. The molecule has 6 aromatic rings. The zero-order valence-electron chi connectivity index (χ0n) is 32.2. The molecule has 1 saturated heterocycles. The standard InChI is InChI=1S/C44H48N6O5Si/c1-29-42(56(3,4)35-17-15-34(54-2)16-18-35)40(20-22-49-28-33(21-23-51)47-48-49)55-44(29)37-25-32(46-41(52)24-31-26-45-38-13-9-8-12-36(31)38)14-19-39(37)50(43(44)53)27-30-10-6-5-7-11-30/h5-19,25-26,28-29,40,42,45,51H,20-24,27H2,1-4H3,(H,46,52)/t29-,40+,42-,44+/m0/s1. The minimum absolute atomic E-state index is 0.000656. The number of carbonyl (C=O) groups is 2. The van der Waals surface area contributed by atoms with E-state index >= 15 is 4.79 Å². The van der Waals surface area contributed by atoms with Crippen LogP contribution in [-0.2, 0) is 45.9 Å². The Morgan fingerprint density at radius 3 is 2.57 bits per heavy atom. The number of anilines is 2. The maximum atomic E-state index is 15.3. The summed E-state index contributed by atoms with van der Waals surface area (Å²) in [5, 5.41) is 23.5. The second-order valence-corrected chi connectivity index (χ2v) is 20.3. The highest BCUT2D eigenvalue weighted by Gasteiger charge is 2.66. The van der Waals surface area contributed by atoms with Crippen molar-refractivity contribution in [2.45, 2.75) is 69.6 Å². The van der Waals surface area contributed by atoms with E-state index in [1.807, 2.05) is 102 Å². The summed E-state index contributed by atoms with van der Waals surface area (Å²) < 4.78 is 14.7. The SMILES string of the molecule is COc1ccc([Si](C)(C)[C@@H]2[C@@H](CCn3cc(CCO)nn3)O[C@]3(C(=O)N(Cc4ccccc4)c4ccc(NC(=O)Cc5c[nH]c6ccccc56)cc43)[C@H]2C)cc1. The van der Waals surface area contributed by atoms with E-state index in [2.05, 4.69) is 52.8 Å². The Bertz CT molecular complexity index is 2360. The largest absolute Gasteiger partial charge is 0.497 e. The second-order valence-electron chi connectivity index (χ2n) is 15.6. The highest BCUT2D eigenvalue weighted by atomic mass is 28.3. The number of ether oxygens (including phenoxy) is 2. The molecular weight excluding hydrogens is 721 g/mol. The summed E-state index contributed by atoms with van der Waals surface area (Å²) in [6.07, 6.45) is 4.70. The Morgan fingerprint density at radius 1 is 1.04 bits per heavy atom. The fourth-order valence-corrected chi connectivity index (χ4v) is 13.2. The Kier molecular flexibility index (Phi) is 10.1. The molecule has 4 aromatic carbocycles. The maximum Gasteiger partial charge on any atom is 0.264 e. The zero-order valence-corrected chi connectivity index (χ0v) is 33.2. The van der Waals surface area contributed by atoms with Gasteiger partial charge in [-0.3, -0.25) is 14.3 Å². The van der Waals surface area contributed by atoms with E-state index in [0.717, 1.165) is 44.7 Å². The molecule has 11 nitrogen and oxygen atoms in total. The van der Waals surface area contributed by atoms with Gasteiger partial charge < -0.3 is 29.8 Å². The number of methoxy groups -OCH3 is 1. The number of H-pyrrole nitrogens is 1. The van der Waals surface area contributed by atoms with Gasteiger partial charge >= 0.3 is 0 Å². The predicted molar refractivity (Wildman–Crippen MR) is 220 cm³/mol. The van der Waals surface area contributed by atoms with Crippen molar-refractivity contribution in [2.75, 3.05) is 23.9 Å². The van der Waals surface area contributed by atoms with Crippen molar-refractivity contribution in [3.8, 4) is 5.75 Å². The van der Waals surface area contributed by atoms with Gasteiger partial charge in [0, 0.05) is 60.0 Å². The second kappa shape index (κ2) is 15.2. The minimum Gasteiger partial charge on any atom is -0.497 e. The Balaban J connectivity index is 1.18. The average molecular weight is 769 g/mol. The molecule has 2 aliphatic rings. The number of aromatic amines is 1. The number of hydrogen-bond donors (Lipinski definition) is 3. The fourth-order valence-electron chi connectivity index (χ4n) is 9.18. The summed E-state index contributed by atoms with van der Waals surface area (Å²) in [5.41, 5.74) is 4.54. The molecule has 288 valence electrons. The third-order valence-electron chi connectivity index (χ3n) is 11.9. The minimum atomic E-state index is -2.40. The highest BCUT2D eigenvalue weighted by Crippen LogP contribution is 2.60. The molecule has 4 heterocycles. The fraction of sp³-hybridized carbons (Fsp3) is 0.318. The monoisotopic (exact) mass is 768 g/mol. The Hall–Kier alpha value is -5.56. The average Bonchev–Trinajstić information content (AvgIpc) is 3.96. The third-order valence-corrected chi connectivity index (χ3v) is 16.3. The van der Waals surface area contributed by atoms with E-state index in [1.54, 1.807) is 11.8 Å². The molecule has 1 spiro atoms. The van der Waals surface area contributed by atoms with Crippen molar-refractivity contribution in [3.63, 3.8) is 0 Å². The van der Waals surface area contributed by atoms with E-state index in [9.17, 15) is 9.90 Å². The molecule has 4 atom stereocenters. The number of aliphatic hydroxyl groups excluding tert-OH is 1. The van der Waals surface area contributed by atoms with Crippen LogP contribution in [0.3, 0.4) is 0 Å². The number of benzene rings is 4. The number of amides is 2. The van der Waals surface area contributed by atoms with Crippen molar-refractivity contribution in [1.82, 2.24) is 20.0 Å². The number of rotatable bonds is 13. The zero-order chi connectivity index (χ0) is 39.0. The first-order valence-corrected chi connectivity index (χ1v) is 22.4. The van der Waals surface area contributed by atoms with Crippen LogP contribution in [0.1, 0.15) is 35.7 Å². The van der Waals surface area contributed by atoms with Gasteiger partial charge in [0.15, 0.2) is 5.60 Å². The van der Waals surface area contributed by atoms with Crippen LogP contribution < -0.4 is 20.1 Å². The number of carbonyl (C=O) groups excluding carboxylic acids is 2. The first-order chi connectivity index (χ1) is 27.1. The van der Waals surface area contributed by atoms with Gasteiger partial charge in [0.25, 0.3) is 5.91 Å². The number of para-hydroxylation sites is 1. The van der Waals surface area contributed by atoms with Gasteiger partial charge in [-0.1, -0.05) is 91.1 Å². The van der Waals surface area contributed by atoms with Crippen LogP contribution in [0.25, 0.3) is 10.9 Å². The number of nitrogens with zero attached hydrogens (tertiary/aromatic N) is 4. The van der Waals surface area contributed by atoms with Gasteiger partial charge in [0.1, 0.15) is 5.75 Å². The van der Waals surface area contributed by atoms with Gasteiger partial charge in [-0.25, -0.2) is 0 Å². The van der Waals surface area contributed by atoms with Crippen molar-refractivity contribution < 1.29 is 24.2 Å². The number of aliphatic hydroxyl groups is 1.